The Bertz CT molecular complexity index is 1230. The SMILES string of the molecule is Nc1ccc(C(c2ccc(Nc3ccccc3)cc2)c2ccc(Nc3ccccc3)cc2)cc1. The Balaban J connectivity index is 1.43. The predicted molar refractivity (Wildman–Crippen MR) is 144 cm³/mol. The lowest BCUT2D eigenvalue weighted by atomic mass is 9.85. The Morgan fingerprint density at radius 2 is 0.706 bits per heavy atom. The summed E-state index contributed by atoms with van der Waals surface area (Å²) in [6, 6.07) is 45.9. The summed E-state index contributed by atoms with van der Waals surface area (Å²) in [4.78, 5) is 0. The predicted octanol–water partition coefficient (Wildman–Crippen LogP) is 7.94. The van der Waals surface area contributed by atoms with E-state index in [2.05, 4.69) is 95.6 Å². The van der Waals surface area contributed by atoms with Crippen LogP contribution in [0.15, 0.2) is 133 Å². The molecule has 5 aromatic rings. The Kier molecular flexibility index (Phi) is 6.26. The summed E-state index contributed by atoms with van der Waals surface area (Å²) in [5.74, 6) is 0.108. The third-order valence-electron chi connectivity index (χ3n) is 5.88. The van der Waals surface area contributed by atoms with E-state index in [1.807, 2.05) is 48.5 Å². The molecule has 5 aromatic carbocycles. The summed E-state index contributed by atoms with van der Waals surface area (Å²) in [6.07, 6.45) is 0. The van der Waals surface area contributed by atoms with Crippen molar-refractivity contribution in [3.05, 3.63) is 150 Å². The van der Waals surface area contributed by atoms with Gasteiger partial charge in [0.05, 0.1) is 0 Å². The minimum absolute atomic E-state index is 0.108. The van der Waals surface area contributed by atoms with Crippen molar-refractivity contribution >= 4 is 28.4 Å². The van der Waals surface area contributed by atoms with Crippen molar-refractivity contribution in [2.75, 3.05) is 16.4 Å². The molecule has 0 atom stereocenters. The molecule has 0 unspecified atom stereocenters. The molecule has 0 aliphatic heterocycles. The van der Waals surface area contributed by atoms with Crippen LogP contribution in [0.5, 0.6) is 0 Å². The van der Waals surface area contributed by atoms with Crippen molar-refractivity contribution in [3.63, 3.8) is 0 Å². The number of nitrogens with two attached hydrogens (primary N) is 1. The molecule has 0 amide bonds. The highest BCUT2D eigenvalue weighted by atomic mass is 14.9. The second-order valence-electron chi connectivity index (χ2n) is 8.33. The smallest absolute Gasteiger partial charge is 0.0384 e. The van der Waals surface area contributed by atoms with Gasteiger partial charge in [0.15, 0.2) is 0 Å². The zero-order valence-electron chi connectivity index (χ0n) is 18.9. The number of para-hydroxylation sites is 2. The highest BCUT2D eigenvalue weighted by molar-refractivity contribution is 5.62. The summed E-state index contributed by atoms with van der Waals surface area (Å²) in [7, 11) is 0. The molecule has 0 aromatic heterocycles. The molecule has 0 spiro atoms. The van der Waals surface area contributed by atoms with E-state index in [4.69, 9.17) is 5.73 Å². The van der Waals surface area contributed by atoms with Crippen molar-refractivity contribution in [2.45, 2.75) is 5.92 Å². The first kappa shape index (κ1) is 21.4. The minimum atomic E-state index is 0.108. The lowest BCUT2D eigenvalue weighted by Gasteiger charge is -2.20. The van der Waals surface area contributed by atoms with Crippen molar-refractivity contribution in [1.29, 1.82) is 0 Å². The number of hydrogen-bond donors (Lipinski definition) is 3. The molecule has 0 aliphatic carbocycles. The third kappa shape index (κ3) is 5.11. The highest BCUT2D eigenvalue weighted by Gasteiger charge is 2.17. The summed E-state index contributed by atoms with van der Waals surface area (Å²) in [6.45, 7) is 0. The van der Waals surface area contributed by atoms with Gasteiger partial charge in [0.1, 0.15) is 0 Å². The zero-order chi connectivity index (χ0) is 23.2. The summed E-state index contributed by atoms with van der Waals surface area (Å²) < 4.78 is 0. The van der Waals surface area contributed by atoms with Gasteiger partial charge in [0, 0.05) is 34.4 Å². The summed E-state index contributed by atoms with van der Waals surface area (Å²) >= 11 is 0. The van der Waals surface area contributed by atoms with Crippen LogP contribution in [-0.4, -0.2) is 0 Å². The molecule has 0 saturated heterocycles. The van der Waals surface area contributed by atoms with Gasteiger partial charge in [-0.05, 0) is 77.4 Å². The fourth-order valence-electron chi connectivity index (χ4n) is 4.16. The normalized spacial score (nSPS) is 10.7. The van der Waals surface area contributed by atoms with Crippen molar-refractivity contribution in [3.8, 4) is 0 Å². The van der Waals surface area contributed by atoms with Crippen LogP contribution in [0.3, 0.4) is 0 Å². The number of benzene rings is 5. The van der Waals surface area contributed by atoms with Gasteiger partial charge in [-0.2, -0.15) is 0 Å². The van der Waals surface area contributed by atoms with Gasteiger partial charge >= 0.3 is 0 Å². The van der Waals surface area contributed by atoms with E-state index in [0.29, 0.717) is 0 Å². The van der Waals surface area contributed by atoms with E-state index >= 15 is 0 Å². The third-order valence-corrected chi connectivity index (χ3v) is 5.88. The highest BCUT2D eigenvalue weighted by Crippen LogP contribution is 2.34. The second-order valence-corrected chi connectivity index (χ2v) is 8.33. The molecule has 0 saturated carbocycles. The first-order valence-corrected chi connectivity index (χ1v) is 11.4. The fourth-order valence-corrected chi connectivity index (χ4v) is 4.16. The molecule has 0 radical (unpaired) electrons. The van der Waals surface area contributed by atoms with Gasteiger partial charge in [0.2, 0.25) is 0 Å². The maximum Gasteiger partial charge on any atom is 0.0384 e. The number of rotatable bonds is 7. The number of anilines is 5. The molecule has 34 heavy (non-hydrogen) atoms. The molecule has 0 heterocycles. The van der Waals surface area contributed by atoms with Crippen molar-refractivity contribution < 1.29 is 0 Å². The quantitative estimate of drug-likeness (QED) is 0.177. The van der Waals surface area contributed by atoms with E-state index in [1.54, 1.807) is 0 Å². The maximum absolute atomic E-state index is 5.97. The van der Waals surface area contributed by atoms with Crippen LogP contribution in [0, 0.1) is 0 Å². The van der Waals surface area contributed by atoms with Crippen LogP contribution in [0.25, 0.3) is 0 Å². The van der Waals surface area contributed by atoms with Gasteiger partial charge in [-0.25, -0.2) is 0 Å². The zero-order valence-corrected chi connectivity index (χ0v) is 18.9. The molecule has 4 N–H and O–H groups in total. The maximum atomic E-state index is 5.97. The molecule has 0 aliphatic rings. The molecular weight excluding hydrogens is 414 g/mol. The molecule has 3 heteroatoms. The molecule has 5 rings (SSSR count). The topological polar surface area (TPSA) is 50.1 Å². The van der Waals surface area contributed by atoms with Crippen molar-refractivity contribution in [1.82, 2.24) is 0 Å². The van der Waals surface area contributed by atoms with Gasteiger partial charge in [-0.15, -0.1) is 0 Å². The number of hydrogen-bond acceptors (Lipinski definition) is 3. The van der Waals surface area contributed by atoms with Crippen LogP contribution in [0.4, 0.5) is 28.4 Å². The van der Waals surface area contributed by atoms with Crippen molar-refractivity contribution in [2.24, 2.45) is 0 Å². The Morgan fingerprint density at radius 3 is 1.09 bits per heavy atom. The number of nitrogen functional groups attached to an aromatic ring is 1. The largest absolute Gasteiger partial charge is 0.399 e. The van der Waals surface area contributed by atoms with Crippen LogP contribution in [-0.2, 0) is 0 Å². The van der Waals surface area contributed by atoms with Gasteiger partial charge in [0.25, 0.3) is 0 Å². The molecule has 166 valence electrons. The van der Waals surface area contributed by atoms with Gasteiger partial charge in [-0.1, -0.05) is 72.8 Å². The van der Waals surface area contributed by atoms with Crippen LogP contribution >= 0.6 is 0 Å². The molecule has 3 nitrogen and oxygen atoms in total. The second kappa shape index (κ2) is 9.97. The van der Waals surface area contributed by atoms with E-state index in [-0.39, 0.29) is 5.92 Å². The standard InChI is InChI=1S/C31H27N3/c32-26-17-11-23(12-18-26)31(24-13-19-29(20-14-24)33-27-7-3-1-4-8-27)25-15-21-30(22-16-25)34-28-9-5-2-6-10-28/h1-22,31,33-34H,32H2. The molecule has 0 fully saturated rings. The average molecular weight is 442 g/mol. The Morgan fingerprint density at radius 1 is 0.382 bits per heavy atom. The fraction of sp³-hybridized carbons (Fsp3) is 0.0323. The van der Waals surface area contributed by atoms with Gasteiger partial charge in [-0.3, -0.25) is 0 Å². The number of nitrogens with one attached hydrogen (secondary N) is 2. The van der Waals surface area contributed by atoms with Crippen LogP contribution in [0.2, 0.25) is 0 Å². The first-order valence-electron chi connectivity index (χ1n) is 11.4. The lowest BCUT2D eigenvalue weighted by molar-refractivity contribution is 0.978. The van der Waals surface area contributed by atoms with Gasteiger partial charge < -0.3 is 16.4 Å². The molecule has 0 bridgehead atoms. The monoisotopic (exact) mass is 441 g/mol. The van der Waals surface area contributed by atoms with Crippen LogP contribution in [0.1, 0.15) is 22.6 Å². The Hall–Kier alpha value is -4.50. The molecular formula is C31H27N3. The summed E-state index contributed by atoms with van der Waals surface area (Å²) in [5, 5.41) is 6.93. The minimum Gasteiger partial charge on any atom is -0.399 e. The van der Waals surface area contributed by atoms with E-state index in [1.165, 1.54) is 16.7 Å². The van der Waals surface area contributed by atoms with E-state index in [9.17, 15) is 0 Å². The lowest BCUT2D eigenvalue weighted by Crippen LogP contribution is -2.04. The van der Waals surface area contributed by atoms with Crippen LogP contribution < -0.4 is 16.4 Å². The Labute approximate surface area is 200 Å². The first-order chi connectivity index (χ1) is 16.7. The van der Waals surface area contributed by atoms with E-state index in [0.717, 1.165) is 28.4 Å². The van der Waals surface area contributed by atoms with E-state index < -0.39 is 0 Å². The average Bonchev–Trinajstić information content (AvgIpc) is 2.89. The summed E-state index contributed by atoms with van der Waals surface area (Å²) in [5.41, 5.74) is 14.7.